The van der Waals surface area contributed by atoms with Gasteiger partial charge in [0.1, 0.15) is 6.04 Å². The predicted molar refractivity (Wildman–Crippen MR) is 86.6 cm³/mol. The van der Waals surface area contributed by atoms with Crippen LogP contribution >= 0.6 is 11.8 Å². The molecule has 2 N–H and O–H groups in total. The Bertz CT molecular complexity index is 508. The molecule has 3 rings (SSSR count). The van der Waals surface area contributed by atoms with Crippen LogP contribution in [0.1, 0.15) is 24.9 Å². The van der Waals surface area contributed by atoms with Gasteiger partial charge in [-0.15, -0.1) is 11.8 Å². The molecule has 1 aromatic rings. The number of carbonyl (C=O) groups is 1. The molecule has 4 nitrogen and oxygen atoms in total. The fraction of sp³-hybridized carbons (Fsp3) is 0.562. The van der Waals surface area contributed by atoms with Crippen molar-refractivity contribution in [2.45, 2.75) is 30.3 Å². The van der Waals surface area contributed by atoms with Crippen LogP contribution in [0.25, 0.3) is 0 Å². The first-order valence-electron chi connectivity index (χ1n) is 7.77. The van der Waals surface area contributed by atoms with Crippen LogP contribution in [0.5, 0.6) is 0 Å². The summed E-state index contributed by atoms with van der Waals surface area (Å²) in [4.78, 5) is 16.1. The fourth-order valence-corrected chi connectivity index (χ4v) is 4.40. The molecule has 0 spiro atoms. The third-order valence-electron chi connectivity index (χ3n) is 4.27. The lowest BCUT2D eigenvalue weighted by atomic mass is 9.98. The number of hydrogen-bond donors (Lipinski definition) is 2. The number of thioether (sulfide) groups is 1. The summed E-state index contributed by atoms with van der Waals surface area (Å²) in [6.07, 6.45) is 1.12. The molecule has 1 amide bonds. The van der Waals surface area contributed by atoms with E-state index in [1.165, 1.54) is 10.5 Å². The van der Waals surface area contributed by atoms with E-state index in [2.05, 4.69) is 39.8 Å². The van der Waals surface area contributed by atoms with Crippen LogP contribution < -0.4 is 10.6 Å². The Labute approximate surface area is 130 Å². The normalized spacial score (nSPS) is 26.1. The highest BCUT2D eigenvalue weighted by molar-refractivity contribution is 7.99. The summed E-state index contributed by atoms with van der Waals surface area (Å²) >= 11 is 1.93. The number of likely N-dealkylation sites (N-methyl/N-ethyl adjacent to an activating group) is 1. The summed E-state index contributed by atoms with van der Waals surface area (Å²) in [5.41, 5.74) is 1.39. The van der Waals surface area contributed by atoms with Crippen LogP contribution in [-0.4, -0.2) is 48.8 Å². The maximum atomic E-state index is 12.4. The zero-order chi connectivity index (χ0) is 14.7. The fourth-order valence-electron chi connectivity index (χ4n) is 3.30. The van der Waals surface area contributed by atoms with Crippen molar-refractivity contribution in [1.82, 2.24) is 15.5 Å². The van der Waals surface area contributed by atoms with Crippen LogP contribution in [0.2, 0.25) is 0 Å². The predicted octanol–water partition coefficient (Wildman–Crippen LogP) is 1.63. The Morgan fingerprint density at radius 2 is 2.33 bits per heavy atom. The molecule has 0 radical (unpaired) electrons. The first-order valence-corrected chi connectivity index (χ1v) is 8.75. The molecule has 114 valence electrons. The number of nitrogens with zero attached hydrogens (tertiary/aromatic N) is 1. The number of amides is 1. The lowest BCUT2D eigenvalue weighted by molar-refractivity contribution is -0.128. The van der Waals surface area contributed by atoms with Gasteiger partial charge in [-0.3, -0.25) is 9.69 Å². The van der Waals surface area contributed by atoms with Gasteiger partial charge in [-0.2, -0.15) is 0 Å². The maximum Gasteiger partial charge on any atom is 0.238 e. The monoisotopic (exact) mass is 305 g/mol. The van der Waals surface area contributed by atoms with Crippen LogP contribution in [0.3, 0.4) is 0 Å². The number of rotatable bonds is 3. The number of fused-ring (bicyclic) bond motifs is 1. The zero-order valence-electron chi connectivity index (χ0n) is 12.5. The average molecular weight is 305 g/mol. The highest BCUT2D eigenvalue weighted by Crippen LogP contribution is 2.40. The molecule has 0 aliphatic carbocycles. The molecule has 0 aromatic heterocycles. The van der Waals surface area contributed by atoms with Gasteiger partial charge in [-0.25, -0.2) is 0 Å². The van der Waals surface area contributed by atoms with Crippen molar-refractivity contribution in [2.24, 2.45) is 0 Å². The summed E-state index contributed by atoms with van der Waals surface area (Å²) in [6, 6.07) is 8.96. The van der Waals surface area contributed by atoms with Crippen molar-refractivity contribution in [3.05, 3.63) is 29.8 Å². The smallest absolute Gasteiger partial charge is 0.238 e. The Kier molecular flexibility index (Phi) is 4.83. The molecule has 2 atom stereocenters. The second-order valence-corrected chi connectivity index (χ2v) is 6.68. The van der Waals surface area contributed by atoms with Crippen molar-refractivity contribution in [3.8, 4) is 0 Å². The van der Waals surface area contributed by atoms with E-state index in [0.717, 1.165) is 31.8 Å². The van der Waals surface area contributed by atoms with Gasteiger partial charge < -0.3 is 10.6 Å². The van der Waals surface area contributed by atoms with Crippen LogP contribution in [-0.2, 0) is 4.79 Å². The summed E-state index contributed by atoms with van der Waals surface area (Å²) in [7, 11) is 0. The number of carbonyl (C=O) groups excluding carboxylic acids is 1. The summed E-state index contributed by atoms with van der Waals surface area (Å²) in [5.74, 6) is 1.29. The third-order valence-corrected chi connectivity index (χ3v) is 5.39. The molecule has 1 aromatic carbocycles. The van der Waals surface area contributed by atoms with E-state index in [1.807, 2.05) is 18.7 Å². The van der Waals surface area contributed by atoms with Gasteiger partial charge in [0.15, 0.2) is 0 Å². The molecule has 1 fully saturated rings. The molecule has 5 heteroatoms. The van der Waals surface area contributed by atoms with Gasteiger partial charge in [0, 0.05) is 37.1 Å². The van der Waals surface area contributed by atoms with Gasteiger partial charge in [-0.05, 0) is 30.7 Å². The van der Waals surface area contributed by atoms with Gasteiger partial charge in [0.05, 0.1) is 0 Å². The molecule has 2 heterocycles. The van der Waals surface area contributed by atoms with Gasteiger partial charge in [-0.1, -0.05) is 18.2 Å². The SMILES string of the molecule is CCNC(=O)C1CNCCN1C1CCSc2ccccc21. The number of piperazine rings is 1. The minimum Gasteiger partial charge on any atom is -0.355 e. The van der Waals surface area contributed by atoms with E-state index in [1.54, 1.807) is 0 Å². The van der Waals surface area contributed by atoms with E-state index in [4.69, 9.17) is 0 Å². The first kappa shape index (κ1) is 14.9. The molecule has 21 heavy (non-hydrogen) atoms. The van der Waals surface area contributed by atoms with Crippen molar-refractivity contribution in [1.29, 1.82) is 0 Å². The minimum absolute atomic E-state index is 0.0557. The quantitative estimate of drug-likeness (QED) is 0.891. The van der Waals surface area contributed by atoms with Crippen LogP contribution in [0, 0.1) is 0 Å². The van der Waals surface area contributed by atoms with E-state index in [-0.39, 0.29) is 11.9 Å². The zero-order valence-corrected chi connectivity index (χ0v) is 13.3. The lowest BCUT2D eigenvalue weighted by Gasteiger charge is -2.42. The Morgan fingerprint density at radius 3 is 3.19 bits per heavy atom. The third kappa shape index (κ3) is 3.10. The van der Waals surface area contributed by atoms with E-state index in [0.29, 0.717) is 12.6 Å². The van der Waals surface area contributed by atoms with Gasteiger partial charge in [0.25, 0.3) is 0 Å². The standard InChI is InChI=1S/C16H23N3OS/c1-2-18-16(20)14-11-17-8-9-19(14)13-7-10-21-15-6-4-3-5-12(13)15/h3-6,13-14,17H,2,7-11H2,1H3,(H,18,20). The topological polar surface area (TPSA) is 44.4 Å². The largest absolute Gasteiger partial charge is 0.355 e. The lowest BCUT2D eigenvalue weighted by Crippen LogP contribution is -2.58. The molecule has 0 bridgehead atoms. The van der Waals surface area contributed by atoms with Gasteiger partial charge >= 0.3 is 0 Å². The Hall–Kier alpha value is -1.04. The van der Waals surface area contributed by atoms with Crippen molar-refractivity contribution < 1.29 is 4.79 Å². The van der Waals surface area contributed by atoms with Crippen molar-refractivity contribution in [3.63, 3.8) is 0 Å². The minimum atomic E-state index is -0.0557. The summed E-state index contributed by atoms with van der Waals surface area (Å²) in [5, 5.41) is 6.34. The molecule has 2 unspecified atom stereocenters. The molecule has 2 aliphatic heterocycles. The molecule has 1 saturated heterocycles. The molecular formula is C16H23N3OS. The maximum absolute atomic E-state index is 12.4. The Morgan fingerprint density at radius 1 is 1.48 bits per heavy atom. The highest BCUT2D eigenvalue weighted by atomic mass is 32.2. The summed E-state index contributed by atoms with van der Waals surface area (Å²) in [6.45, 7) is 5.32. The average Bonchev–Trinajstić information content (AvgIpc) is 2.54. The molecule has 0 saturated carbocycles. The number of hydrogen-bond acceptors (Lipinski definition) is 4. The number of benzene rings is 1. The summed E-state index contributed by atoms with van der Waals surface area (Å²) < 4.78 is 0. The Balaban J connectivity index is 1.85. The van der Waals surface area contributed by atoms with E-state index >= 15 is 0 Å². The second kappa shape index (κ2) is 6.81. The van der Waals surface area contributed by atoms with Crippen molar-refractivity contribution in [2.75, 3.05) is 31.9 Å². The first-order chi connectivity index (χ1) is 10.3. The van der Waals surface area contributed by atoms with E-state index in [9.17, 15) is 4.79 Å². The van der Waals surface area contributed by atoms with Gasteiger partial charge in [0.2, 0.25) is 5.91 Å². The van der Waals surface area contributed by atoms with Crippen LogP contribution in [0.15, 0.2) is 29.2 Å². The number of nitrogens with one attached hydrogen (secondary N) is 2. The highest BCUT2D eigenvalue weighted by Gasteiger charge is 2.35. The molecule has 2 aliphatic rings. The van der Waals surface area contributed by atoms with Crippen LogP contribution in [0.4, 0.5) is 0 Å². The van der Waals surface area contributed by atoms with E-state index < -0.39 is 0 Å². The molecular weight excluding hydrogens is 282 g/mol. The van der Waals surface area contributed by atoms with Crippen molar-refractivity contribution >= 4 is 17.7 Å². The second-order valence-electron chi connectivity index (χ2n) is 5.54.